The van der Waals surface area contributed by atoms with E-state index >= 15 is 0 Å². The first-order valence-electron chi connectivity index (χ1n) is 2.75. The summed E-state index contributed by atoms with van der Waals surface area (Å²) in [5.74, 6) is -1.37. The third kappa shape index (κ3) is 4.03. The Kier molecular flexibility index (Phi) is 3.02. The van der Waals surface area contributed by atoms with Crippen molar-refractivity contribution in [1.29, 1.82) is 0 Å². The van der Waals surface area contributed by atoms with Gasteiger partial charge in [0.05, 0.1) is 12.0 Å². The van der Waals surface area contributed by atoms with Gasteiger partial charge in [-0.05, 0) is 6.92 Å². The number of rotatable bonds is 4. The Balaban J connectivity index is 3.85. The molecule has 0 aliphatic heterocycles. The predicted octanol–water partition coefficient (Wildman–Crippen LogP) is -0.416. The lowest BCUT2D eigenvalue weighted by molar-refractivity contribution is -0.147. The van der Waals surface area contributed by atoms with E-state index in [2.05, 4.69) is 0 Å². The molecule has 1 unspecified atom stereocenters. The van der Waals surface area contributed by atoms with Gasteiger partial charge in [-0.25, -0.2) is 9.90 Å². The van der Waals surface area contributed by atoms with Crippen LogP contribution < -0.4 is 0 Å². The zero-order valence-corrected chi connectivity index (χ0v) is 5.59. The zero-order valence-electron chi connectivity index (χ0n) is 5.59. The molecule has 4 heteroatoms. The molecule has 0 bridgehead atoms. The highest BCUT2D eigenvalue weighted by molar-refractivity contribution is 5.68. The molecule has 0 aromatic carbocycles. The van der Waals surface area contributed by atoms with Gasteiger partial charge in [0.25, 0.3) is 0 Å². The third-order valence-electron chi connectivity index (χ3n) is 0.978. The van der Waals surface area contributed by atoms with E-state index in [1.807, 2.05) is 0 Å². The maximum Gasteiger partial charge on any atom is 0.358 e. The molecule has 10 heavy (non-hydrogen) atoms. The van der Waals surface area contributed by atoms with Gasteiger partial charge in [-0.3, -0.25) is 4.79 Å². The molecule has 0 spiro atoms. The summed E-state index contributed by atoms with van der Waals surface area (Å²) in [5, 5.41) is 18.9. The van der Waals surface area contributed by atoms with Crippen molar-refractivity contribution in [2.24, 2.45) is 0 Å². The predicted molar refractivity (Wildman–Crippen MR) is 31.2 cm³/mol. The third-order valence-corrected chi connectivity index (χ3v) is 0.978. The fourth-order valence-electron chi connectivity index (χ4n) is 0.529. The molecule has 1 N–H and O–H groups in total. The molecule has 0 aliphatic carbocycles. The molecule has 0 heterocycles. The molecule has 0 amide bonds. The van der Waals surface area contributed by atoms with Crippen LogP contribution in [0.3, 0.4) is 0 Å². The van der Waals surface area contributed by atoms with Gasteiger partial charge in [0, 0.05) is 6.42 Å². The van der Waals surface area contributed by atoms with Gasteiger partial charge < -0.3 is 5.11 Å². The largest absolute Gasteiger partial charge is 0.389 e. The van der Waals surface area contributed by atoms with Crippen LogP contribution in [-0.2, 0) is 14.7 Å². The summed E-state index contributed by atoms with van der Waals surface area (Å²) in [6.07, 6.45) is 0.578. The molecule has 2 radical (unpaired) electrons. The van der Waals surface area contributed by atoms with Crippen LogP contribution in [-0.4, -0.2) is 23.0 Å². The Morgan fingerprint density at radius 3 is 2.50 bits per heavy atom. The summed E-state index contributed by atoms with van der Waals surface area (Å²) in [6, 6.07) is 0. The number of hydrogen-bond acceptors (Lipinski definition) is 3. The average molecular weight is 144 g/mol. The second-order valence-corrected chi connectivity index (χ2v) is 2.37. The maximum atomic E-state index is 9.89. The van der Waals surface area contributed by atoms with E-state index in [0.29, 0.717) is 0 Å². The van der Waals surface area contributed by atoms with Crippen molar-refractivity contribution in [2.75, 3.05) is 0 Å². The van der Waals surface area contributed by atoms with Gasteiger partial charge in [0.2, 0.25) is 6.29 Å². The summed E-state index contributed by atoms with van der Waals surface area (Å²) in [7, 11) is 0. The highest BCUT2D eigenvalue weighted by Crippen LogP contribution is 2.11. The second kappa shape index (κ2) is 3.31. The lowest BCUT2D eigenvalue weighted by Crippen LogP contribution is -2.27. The smallest absolute Gasteiger partial charge is 0.358 e. The van der Waals surface area contributed by atoms with Crippen molar-refractivity contribution in [2.45, 2.75) is 25.4 Å². The Morgan fingerprint density at radius 1 is 1.70 bits per heavy atom. The van der Waals surface area contributed by atoms with E-state index in [4.69, 9.17) is 5.11 Å². The van der Waals surface area contributed by atoms with Crippen LogP contribution in [0.15, 0.2) is 0 Å². The summed E-state index contributed by atoms with van der Waals surface area (Å²) < 4.78 is 0. The molecule has 4 nitrogen and oxygen atoms in total. The van der Waals surface area contributed by atoms with Gasteiger partial charge in [-0.2, -0.15) is 0 Å². The van der Waals surface area contributed by atoms with Gasteiger partial charge in [0.1, 0.15) is 0 Å². The number of aliphatic hydroxyl groups is 1. The summed E-state index contributed by atoms with van der Waals surface area (Å²) in [4.78, 5) is 19.6. The minimum atomic E-state index is -1.51. The maximum absolute atomic E-state index is 9.89. The lowest BCUT2D eigenvalue weighted by Gasteiger charge is -2.15. The lowest BCUT2D eigenvalue weighted by atomic mass is 9.99. The van der Waals surface area contributed by atoms with E-state index in [9.17, 15) is 14.7 Å². The minimum Gasteiger partial charge on any atom is -0.389 e. The molecular formula is C6H8O4. The number of hydrogen-bond donors (Lipinski definition) is 1. The first-order chi connectivity index (χ1) is 4.48. The van der Waals surface area contributed by atoms with Gasteiger partial charge in [0.15, 0.2) is 0 Å². The SMILES string of the molecule is CC(O)(C[C]=O)CC([O])=O. The van der Waals surface area contributed by atoms with Crippen LogP contribution in [0.25, 0.3) is 0 Å². The van der Waals surface area contributed by atoms with Crippen molar-refractivity contribution in [3.8, 4) is 0 Å². The first kappa shape index (κ1) is 9.10. The van der Waals surface area contributed by atoms with E-state index in [-0.39, 0.29) is 6.42 Å². The molecule has 0 saturated carbocycles. The summed E-state index contributed by atoms with van der Waals surface area (Å²) in [5.41, 5.74) is -1.51. The molecule has 0 rings (SSSR count). The van der Waals surface area contributed by atoms with Crippen LogP contribution in [0, 0.1) is 0 Å². The Labute approximate surface area is 58.5 Å². The first-order valence-corrected chi connectivity index (χ1v) is 2.75. The highest BCUT2D eigenvalue weighted by atomic mass is 16.4. The molecule has 0 aromatic heterocycles. The number of carbonyl (C=O) groups excluding carboxylic acids is 2. The van der Waals surface area contributed by atoms with Crippen molar-refractivity contribution in [1.82, 2.24) is 0 Å². The van der Waals surface area contributed by atoms with Crippen LogP contribution >= 0.6 is 0 Å². The van der Waals surface area contributed by atoms with E-state index in [0.717, 1.165) is 0 Å². The van der Waals surface area contributed by atoms with Gasteiger partial charge in [-0.15, -0.1) is 0 Å². The molecule has 56 valence electrons. The Morgan fingerprint density at radius 2 is 2.20 bits per heavy atom. The fourth-order valence-corrected chi connectivity index (χ4v) is 0.529. The molecule has 0 fully saturated rings. The van der Waals surface area contributed by atoms with Crippen LogP contribution in [0.5, 0.6) is 0 Å². The molecular weight excluding hydrogens is 136 g/mol. The topological polar surface area (TPSA) is 74.3 Å². The van der Waals surface area contributed by atoms with Crippen LogP contribution in [0.2, 0.25) is 0 Å². The van der Waals surface area contributed by atoms with Crippen molar-refractivity contribution in [3.05, 3.63) is 0 Å². The fraction of sp³-hybridized carbons (Fsp3) is 0.667. The van der Waals surface area contributed by atoms with E-state index in [1.165, 1.54) is 13.2 Å². The van der Waals surface area contributed by atoms with Gasteiger partial charge >= 0.3 is 5.97 Å². The van der Waals surface area contributed by atoms with Crippen LogP contribution in [0.1, 0.15) is 19.8 Å². The van der Waals surface area contributed by atoms with Crippen molar-refractivity contribution < 1.29 is 19.8 Å². The minimum absolute atomic E-state index is 0.305. The van der Waals surface area contributed by atoms with Gasteiger partial charge in [-0.1, -0.05) is 0 Å². The summed E-state index contributed by atoms with van der Waals surface area (Å²) >= 11 is 0. The molecule has 1 atom stereocenters. The zero-order chi connectivity index (χ0) is 8.20. The standard InChI is InChI=1S/C6H8O4/c1-6(10,2-3-7)4-5(8)9/h10H,2,4H2,1H3. The van der Waals surface area contributed by atoms with Crippen molar-refractivity contribution in [3.63, 3.8) is 0 Å². The van der Waals surface area contributed by atoms with Crippen molar-refractivity contribution >= 4 is 12.3 Å². The molecule has 0 aliphatic rings. The summed E-state index contributed by atoms with van der Waals surface area (Å²) in [6.45, 7) is 1.24. The van der Waals surface area contributed by atoms with E-state index < -0.39 is 18.0 Å². The quantitative estimate of drug-likeness (QED) is 0.582. The molecule has 0 aromatic rings. The number of carbonyl (C=O) groups is 1. The highest BCUT2D eigenvalue weighted by Gasteiger charge is 2.24. The average Bonchev–Trinajstić information content (AvgIpc) is 1.59. The monoisotopic (exact) mass is 144 g/mol. The second-order valence-electron chi connectivity index (χ2n) is 2.37. The normalized spacial score (nSPS) is 15.8. The van der Waals surface area contributed by atoms with E-state index in [1.54, 1.807) is 0 Å². The molecule has 0 saturated heterocycles. The Bertz CT molecular complexity index is 139. The Hall–Kier alpha value is -0.900. The van der Waals surface area contributed by atoms with Crippen LogP contribution in [0.4, 0.5) is 0 Å².